The Morgan fingerprint density at radius 2 is 1.55 bits per heavy atom. The van der Waals surface area contributed by atoms with Crippen molar-refractivity contribution < 1.29 is 23.6 Å². The molecular weight excluding hydrogens is 529 g/mol. The number of rotatable bonds is 7. The Morgan fingerprint density at radius 3 is 2.20 bits per heavy atom. The molecule has 0 aromatic heterocycles. The summed E-state index contributed by atoms with van der Waals surface area (Å²) in [7, 11) is 0. The second-order valence-corrected chi connectivity index (χ2v) is 13.4. The number of imide groups is 2. The number of amides is 4. The van der Waals surface area contributed by atoms with Crippen molar-refractivity contribution in [1.82, 2.24) is 15.5 Å². The molecule has 2 aromatic rings. The van der Waals surface area contributed by atoms with Crippen LogP contribution < -0.4 is 10.6 Å². The van der Waals surface area contributed by atoms with E-state index >= 15 is 0 Å². The van der Waals surface area contributed by atoms with E-state index in [0.717, 1.165) is 34.8 Å². The van der Waals surface area contributed by atoms with Crippen LogP contribution in [0.1, 0.15) is 83.2 Å². The molecule has 2 N–H and O–H groups in total. The summed E-state index contributed by atoms with van der Waals surface area (Å²) in [5.74, 6) is 0.105. The van der Waals surface area contributed by atoms with Crippen molar-refractivity contribution in [2.24, 2.45) is 17.8 Å². The summed E-state index contributed by atoms with van der Waals surface area (Å²) in [4.78, 5) is 51.3. The summed E-state index contributed by atoms with van der Waals surface area (Å²) in [5.41, 5.74) is 2.59. The van der Waals surface area contributed by atoms with E-state index in [0.29, 0.717) is 11.3 Å². The summed E-state index contributed by atoms with van der Waals surface area (Å²) in [6.45, 7) is 0.840. The van der Waals surface area contributed by atoms with Crippen molar-refractivity contribution in [3.05, 3.63) is 64.5 Å². The van der Waals surface area contributed by atoms with Crippen LogP contribution in [0.3, 0.4) is 0 Å². The van der Waals surface area contributed by atoms with Crippen LogP contribution in [0.15, 0.2) is 41.3 Å². The van der Waals surface area contributed by atoms with Gasteiger partial charge in [-0.15, -0.1) is 11.8 Å². The second-order valence-electron chi connectivity index (χ2n) is 12.4. The molecule has 4 aliphatic carbocycles. The molecule has 4 bridgehead atoms. The summed E-state index contributed by atoms with van der Waals surface area (Å²) in [6.07, 6.45) is 8.29. The van der Waals surface area contributed by atoms with Gasteiger partial charge >= 0.3 is 0 Å². The number of fused-ring (bicyclic) bond motifs is 1. The van der Waals surface area contributed by atoms with Gasteiger partial charge < -0.3 is 5.32 Å². The Morgan fingerprint density at radius 1 is 0.900 bits per heavy atom. The Balaban J connectivity index is 1.02. The van der Waals surface area contributed by atoms with Crippen LogP contribution in [-0.2, 0) is 21.9 Å². The first kappa shape index (κ1) is 25.9. The Hall–Kier alpha value is -3.04. The van der Waals surface area contributed by atoms with Crippen molar-refractivity contribution in [3.63, 3.8) is 0 Å². The highest BCUT2D eigenvalue weighted by atomic mass is 32.2. The molecule has 208 valence electrons. The van der Waals surface area contributed by atoms with Crippen molar-refractivity contribution in [1.29, 1.82) is 0 Å². The molecule has 0 radical (unpaired) electrons. The predicted octanol–water partition coefficient (Wildman–Crippen LogP) is 4.58. The number of carbonyl (C=O) groups excluding carboxylic acids is 4. The SMILES string of the molecule is O=C1CCC(N2C(=O)c3ccc(F)c(SCc4ccc(CNC56CC7CC(CC(C7)C5)C6)cc4)c3C2=O)C(=O)N1. The minimum Gasteiger partial charge on any atom is -0.307 e. The Kier molecular flexibility index (Phi) is 6.35. The largest absolute Gasteiger partial charge is 0.307 e. The monoisotopic (exact) mass is 561 g/mol. The highest BCUT2D eigenvalue weighted by Crippen LogP contribution is 2.55. The summed E-state index contributed by atoms with van der Waals surface area (Å²) in [6, 6.07) is 9.70. The van der Waals surface area contributed by atoms with Gasteiger partial charge in [0.1, 0.15) is 11.9 Å². The van der Waals surface area contributed by atoms with E-state index in [-0.39, 0.29) is 28.9 Å². The Bertz CT molecular complexity index is 1390. The van der Waals surface area contributed by atoms with E-state index in [1.54, 1.807) is 0 Å². The molecule has 1 unspecified atom stereocenters. The van der Waals surface area contributed by atoms with Gasteiger partial charge in [0.15, 0.2) is 0 Å². The molecule has 40 heavy (non-hydrogen) atoms. The fourth-order valence-electron chi connectivity index (χ4n) is 8.17. The molecule has 0 spiro atoms. The summed E-state index contributed by atoms with van der Waals surface area (Å²) in [5, 5.41) is 6.11. The zero-order valence-electron chi connectivity index (χ0n) is 22.2. The van der Waals surface area contributed by atoms with Gasteiger partial charge in [-0.1, -0.05) is 24.3 Å². The van der Waals surface area contributed by atoms with Crippen molar-refractivity contribution >= 4 is 35.4 Å². The van der Waals surface area contributed by atoms with E-state index in [2.05, 4.69) is 22.8 Å². The van der Waals surface area contributed by atoms with Crippen LogP contribution in [0.25, 0.3) is 0 Å². The molecule has 9 heteroatoms. The number of hydrogen-bond acceptors (Lipinski definition) is 6. The first-order chi connectivity index (χ1) is 19.3. The van der Waals surface area contributed by atoms with Crippen LogP contribution in [-0.4, -0.2) is 40.1 Å². The van der Waals surface area contributed by atoms with Gasteiger partial charge in [0.05, 0.1) is 16.0 Å². The lowest BCUT2D eigenvalue weighted by Gasteiger charge is -2.57. The quantitative estimate of drug-likeness (QED) is 0.380. The summed E-state index contributed by atoms with van der Waals surface area (Å²) >= 11 is 1.17. The summed E-state index contributed by atoms with van der Waals surface area (Å²) < 4.78 is 15.0. The zero-order chi connectivity index (χ0) is 27.6. The number of benzene rings is 2. The van der Waals surface area contributed by atoms with E-state index in [9.17, 15) is 23.6 Å². The van der Waals surface area contributed by atoms with Gasteiger partial charge in [-0.3, -0.25) is 29.4 Å². The number of carbonyl (C=O) groups is 4. The van der Waals surface area contributed by atoms with Crippen LogP contribution >= 0.6 is 11.8 Å². The minimum atomic E-state index is -1.08. The number of nitrogens with one attached hydrogen (secondary N) is 2. The van der Waals surface area contributed by atoms with Crippen LogP contribution in [0, 0.1) is 23.6 Å². The number of nitrogens with zero attached hydrogens (tertiary/aromatic N) is 1. The van der Waals surface area contributed by atoms with Gasteiger partial charge in [-0.25, -0.2) is 4.39 Å². The molecule has 2 aromatic carbocycles. The molecule has 1 atom stereocenters. The van der Waals surface area contributed by atoms with Crippen molar-refractivity contribution in [2.75, 3.05) is 0 Å². The van der Waals surface area contributed by atoms with Crippen LogP contribution in [0.4, 0.5) is 4.39 Å². The normalized spacial score (nSPS) is 30.7. The van der Waals surface area contributed by atoms with Crippen LogP contribution in [0.5, 0.6) is 0 Å². The van der Waals surface area contributed by atoms with E-state index < -0.39 is 35.5 Å². The lowest BCUT2D eigenvalue weighted by atomic mass is 9.53. The van der Waals surface area contributed by atoms with E-state index in [1.807, 2.05) is 12.1 Å². The first-order valence-electron chi connectivity index (χ1n) is 14.3. The smallest absolute Gasteiger partial charge is 0.263 e. The molecule has 1 saturated heterocycles. The molecule has 4 saturated carbocycles. The maximum Gasteiger partial charge on any atom is 0.263 e. The van der Waals surface area contributed by atoms with E-state index in [1.165, 1.54) is 68.0 Å². The average Bonchev–Trinajstić information content (AvgIpc) is 3.16. The lowest BCUT2D eigenvalue weighted by molar-refractivity contribution is -0.136. The highest BCUT2D eigenvalue weighted by molar-refractivity contribution is 7.98. The Labute approximate surface area is 236 Å². The zero-order valence-corrected chi connectivity index (χ0v) is 23.0. The molecule has 4 amide bonds. The molecule has 6 aliphatic rings. The number of piperidine rings is 1. The topological polar surface area (TPSA) is 95.6 Å². The van der Waals surface area contributed by atoms with E-state index in [4.69, 9.17) is 0 Å². The van der Waals surface area contributed by atoms with Gasteiger partial charge in [0.2, 0.25) is 11.8 Å². The third kappa shape index (κ3) is 4.47. The molecule has 5 fully saturated rings. The molecular formula is C31H32FN3O4S. The number of hydrogen-bond donors (Lipinski definition) is 2. The maximum absolute atomic E-state index is 15.0. The number of thioether (sulfide) groups is 1. The predicted molar refractivity (Wildman–Crippen MR) is 147 cm³/mol. The van der Waals surface area contributed by atoms with Crippen molar-refractivity contribution in [2.45, 2.75) is 80.1 Å². The minimum absolute atomic E-state index is 0.00362. The van der Waals surface area contributed by atoms with Crippen LogP contribution in [0.2, 0.25) is 0 Å². The first-order valence-corrected chi connectivity index (χ1v) is 15.3. The second kappa shape index (κ2) is 9.80. The lowest BCUT2D eigenvalue weighted by Crippen LogP contribution is -2.58. The third-order valence-corrected chi connectivity index (χ3v) is 10.8. The van der Waals surface area contributed by atoms with Gasteiger partial charge in [0, 0.05) is 24.3 Å². The van der Waals surface area contributed by atoms with Gasteiger partial charge in [-0.2, -0.15) is 0 Å². The molecule has 2 heterocycles. The number of halogens is 1. The van der Waals surface area contributed by atoms with Gasteiger partial charge in [0.25, 0.3) is 11.8 Å². The molecule has 2 aliphatic heterocycles. The van der Waals surface area contributed by atoms with Crippen molar-refractivity contribution in [3.8, 4) is 0 Å². The van der Waals surface area contributed by atoms with Gasteiger partial charge in [-0.05, 0) is 86.0 Å². The third-order valence-electron chi connectivity index (χ3n) is 9.63. The molecule has 7 nitrogen and oxygen atoms in total. The fraction of sp³-hybridized carbons (Fsp3) is 0.484. The average molecular weight is 562 g/mol. The fourth-order valence-corrected chi connectivity index (χ4v) is 9.22. The molecule has 8 rings (SSSR count). The highest BCUT2D eigenvalue weighted by Gasteiger charge is 2.50. The standard InChI is InChI=1S/C31H32FN3O4S/c32-23-6-5-22-26(30(39)35(29(22)38)24-7-8-25(36)34-28(24)37)27(23)40-16-18-3-1-17(2-4-18)15-33-31-12-19-9-20(13-31)11-21(10-19)14-31/h1-6,19-21,24,33H,7-16H2,(H,34,36,37). The maximum atomic E-state index is 15.0.